The van der Waals surface area contributed by atoms with Crippen molar-refractivity contribution in [3.05, 3.63) is 59.1 Å². The van der Waals surface area contributed by atoms with Crippen LogP contribution in [0.4, 0.5) is 11.4 Å². The normalized spacial score (nSPS) is 10.4. The summed E-state index contributed by atoms with van der Waals surface area (Å²) in [6, 6.07) is 13.4. The minimum atomic E-state index is -0.258. The topological polar surface area (TPSA) is 87.3 Å². The maximum absolute atomic E-state index is 12.0. The molecule has 2 aromatic rings. The van der Waals surface area contributed by atoms with Crippen molar-refractivity contribution in [2.75, 3.05) is 17.2 Å². The first-order valence-electron chi connectivity index (χ1n) is 9.07. The van der Waals surface area contributed by atoms with Crippen LogP contribution < -0.4 is 16.0 Å². The molecular formula is C21H24ClN3O3. The quantitative estimate of drug-likeness (QED) is 0.622. The SMILES string of the molecule is CC(C)CC(=O)Nc1ccc(NC(=O)CCNC(=O)c2ccc(Cl)cc2)cc1. The molecule has 0 unspecified atom stereocenters. The number of amides is 3. The van der Waals surface area contributed by atoms with E-state index in [-0.39, 0.29) is 30.7 Å². The summed E-state index contributed by atoms with van der Waals surface area (Å²) < 4.78 is 0. The highest BCUT2D eigenvalue weighted by molar-refractivity contribution is 6.30. The van der Waals surface area contributed by atoms with Crippen LogP contribution in [0.3, 0.4) is 0 Å². The second-order valence-corrected chi connectivity index (χ2v) is 7.22. The molecule has 0 heterocycles. The Morgan fingerprint density at radius 1 is 0.857 bits per heavy atom. The van der Waals surface area contributed by atoms with Gasteiger partial charge in [0.25, 0.3) is 5.91 Å². The molecule has 0 aliphatic heterocycles. The van der Waals surface area contributed by atoms with Crippen LogP contribution in [0.2, 0.25) is 5.02 Å². The van der Waals surface area contributed by atoms with Crippen molar-refractivity contribution in [1.29, 1.82) is 0 Å². The van der Waals surface area contributed by atoms with Crippen molar-refractivity contribution in [2.45, 2.75) is 26.7 Å². The largest absolute Gasteiger partial charge is 0.352 e. The number of anilines is 2. The lowest BCUT2D eigenvalue weighted by atomic mass is 10.1. The van der Waals surface area contributed by atoms with E-state index in [4.69, 9.17) is 11.6 Å². The summed E-state index contributed by atoms with van der Waals surface area (Å²) in [4.78, 5) is 35.7. The number of hydrogen-bond acceptors (Lipinski definition) is 3. The number of rotatable bonds is 8. The summed E-state index contributed by atoms with van der Waals surface area (Å²) in [5.74, 6) is -0.221. The van der Waals surface area contributed by atoms with Gasteiger partial charge in [-0.05, 0) is 54.4 Å². The number of nitrogens with one attached hydrogen (secondary N) is 3. The van der Waals surface area contributed by atoms with Crippen molar-refractivity contribution in [3.8, 4) is 0 Å². The Kier molecular flexibility index (Phi) is 8.02. The predicted molar refractivity (Wildman–Crippen MR) is 112 cm³/mol. The minimum absolute atomic E-state index is 0.0387. The molecule has 0 aliphatic carbocycles. The van der Waals surface area contributed by atoms with Crippen LogP contribution >= 0.6 is 11.6 Å². The first-order chi connectivity index (χ1) is 13.3. The lowest BCUT2D eigenvalue weighted by molar-refractivity contribution is -0.117. The molecule has 6 nitrogen and oxygen atoms in total. The monoisotopic (exact) mass is 401 g/mol. The van der Waals surface area contributed by atoms with E-state index in [1.165, 1.54) is 0 Å². The van der Waals surface area contributed by atoms with Gasteiger partial charge in [-0.3, -0.25) is 14.4 Å². The van der Waals surface area contributed by atoms with Gasteiger partial charge < -0.3 is 16.0 Å². The van der Waals surface area contributed by atoms with Crippen molar-refractivity contribution in [2.24, 2.45) is 5.92 Å². The van der Waals surface area contributed by atoms with E-state index in [1.54, 1.807) is 48.5 Å². The molecule has 0 aromatic heterocycles. The molecule has 7 heteroatoms. The lowest BCUT2D eigenvalue weighted by Gasteiger charge is -2.09. The van der Waals surface area contributed by atoms with Crippen LogP contribution in [-0.4, -0.2) is 24.3 Å². The molecule has 0 fully saturated rings. The van der Waals surface area contributed by atoms with Gasteiger partial charge >= 0.3 is 0 Å². The standard InChI is InChI=1S/C21H24ClN3O3/c1-14(2)13-20(27)25-18-9-7-17(8-10-18)24-19(26)11-12-23-21(28)15-3-5-16(22)6-4-15/h3-10,14H,11-13H2,1-2H3,(H,23,28)(H,24,26)(H,25,27). The Balaban J connectivity index is 1.74. The minimum Gasteiger partial charge on any atom is -0.352 e. The third kappa shape index (κ3) is 7.40. The van der Waals surface area contributed by atoms with Gasteiger partial charge in [0.1, 0.15) is 0 Å². The van der Waals surface area contributed by atoms with Crippen LogP contribution in [0.5, 0.6) is 0 Å². The third-order valence-corrected chi connectivity index (χ3v) is 4.04. The van der Waals surface area contributed by atoms with Gasteiger partial charge in [-0.25, -0.2) is 0 Å². The van der Waals surface area contributed by atoms with Crippen LogP contribution in [0.1, 0.15) is 37.0 Å². The van der Waals surface area contributed by atoms with Crippen LogP contribution in [-0.2, 0) is 9.59 Å². The number of hydrogen-bond donors (Lipinski definition) is 3. The van der Waals surface area contributed by atoms with Crippen molar-refractivity contribution in [3.63, 3.8) is 0 Å². The zero-order chi connectivity index (χ0) is 20.5. The molecule has 0 bridgehead atoms. The molecule has 28 heavy (non-hydrogen) atoms. The summed E-state index contributed by atoms with van der Waals surface area (Å²) in [5, 5.41) is 8.82. The summed E-state index contributed by atoms with van der Waals surface area (Å²) in [7, 11) is 0. The average molecular weight is 402 g/mol. The smallest absolute Gasteiger partial charge is 0.251 e. The lowest BCUT2D eigenvalue weighted by Crippen LogP contribution is -2.27. The van der Waals surface area contributed by atoms with Gasteiger partial charge in [0, 0.05) is 41.3 Å². The molecule has 2 aromatic carbocycles. The highest BCUT2D eigenvalue weighted by Crippen LogP contribution is 2.15. The first kappa shape index (κ1) is 21.4. The Bertz CT molecular complexity index is 818. The van der Waals surface area contributed by atoms with Gasteiger partial charge in [-0.2, -0.15) is 0 Å². The molecule has 0 saturated carbocycles. The highest BCUT2D eigenvalue weighted by Gasteiger charge is 2.08. The van der Waals surface area contributed by atoms with Crippen LogP contribution in [0.25, 0.3) is 0 Å². The molecule has 0 spiro atoms. The maximum Gasteiger partial charge on any atom is 0.251 e. The fourth-order valence-electron chi connectivity index (χ4n) is 2.44. The van der Waals surface area contributed by atoms with Crippen LogP contribution in [0.15, 0.2) is 48.5 Å². The van der Waals surface area contributed by atoms with Gasteiger partial charge in [0.15, 0.2) is 0 Å². The summed E-state index contributed by atoms with van der Waals surface area (Å²) in [6.07, 6.45) is 0.604. The Labute approximate surface area is 169 Å². The van der Waals surface area contributed by atoms with E-state index >= 15 is 0 Å². The molecule has 3 amide bonds. The predicted octanol–water partition coefficient (Wildman–Crippen LogP) is 4.08. The second kappa shape index (κ2) is 10.5. The molecule has 0 aliphatic rings. The van der Waals surface area contributed by atoms with E-state index in [1.807, 2.05) is 13.8 Å². The fraction of sp³-hybridized carbons (Fsp3) is 0.286. The highest BCUT2D eigenvalue weighted by atomic mass is 35.5. The molecule has 0 atom stereocenters. The molecule has 0 saturated heterocycles. The zero-order valence-electron chi connectivity index (χ0n) is 15.9. The van der Waals surface area contributed by atoms with E-state index in [9.17, 15) is 14.4 Å². The molecule has 0 radical (unpaired) electrons. The summed E-state index contributed by atoms with van der Waals surface area (Å²) in [5.41, 5.74) is 1.79. The number of carbonyl (C=O) groups is 3. The fourth-order valence-corrected chi connectivity index (χ4v) is 2.56. The van der Waals surface area contributed by atoms with E-state index in [2.05, 4.69) is 16.0 Å². The zero-order valence-corrected chi connectivity index (χ0v) is 16.7. The average Bonchev–Trinajstić information content (AvgIpc) is 2.63. The number of benzene rings is 2. The van der Waals surface area contributed by atoms with Gasteiger partial charge in [0.05, 0.1) is 0 Å². The van der Waals surface area contributed by atoms with E-state index < -0.39 is 0 Å². The van der Waals surface area contributed by atoms with E-state index in [0.29, 0.717) is 34.3 Å². The summed E-state index contributed by atoms with van der Waals surface area (Å²) in [6.45, 7) is 4.18. The van der Waals surface area contributed by atoms with E-state index in [0.717, 1.165) is 0 Å². The molecular weight excluding hydrogens is 378 g/mol. The summed E-state index contributed by atoms with van der Waals surface area (Å²) >= 11 is 5.79. The van der Waals surface area contributed by atoms with Crippen molar-refractivity contribution < 1.29 is 14.4 Å². The van der Waals surface area contributed by atoms with Crippen molar-refractivity contribution >= 4 is 40.7 Å². The molecule has 2 rings (SSSR count). The van der Waals surface area contributed by atoms with Gasteiger partial charge in [-0.15, -0.1) is 0 Å². The van der Waals surface area contributed by atoms with Crippen molar-refractivity contribution in [1.82, 2.24) is 5.32 Å². The molecule has 148 valence electrons. The number of carbonyl (C=O) groups excluding carboxylic acids is 3. The third-order valence-electron chi connectivity index (χ3n) is 3.79. The number of halogens is 1. The van der Waals surface area contributed by atoms with Gasteiger partial charge in [-0.1, -0.05) is 25.4 Å². The first-order valence-corrected chi connectivity index (χ1v) is 9.45. The van der Waals surface area contributed by atoms with Gasteiger partial charge in [0.2, 0.25) is 11.8 Å². The second-order valence-electron chi connectivity index (χ2n) is 6.78. The maximum atomic E-state index is 12.0. The Morgan fingerprint density at radius 3 is 1.93 bits per heavy atom. The molecule has 3 N–H and O–H groups in total. The Morgan fingerprint density at radius 2 is 1.39 bits per heavy atom. The Hall–Kier alpha value is -2.86. The van der Waals surface area contributed by atoms with Crippen LogP contribution in [0, 0.1) is 5.92 Å².